The van der Waals surface area contributed by atoms with E-state index in [0.29, 0.717) is 17.8 Å². The number of aliphatic carboxylic acids is 1. The Morgan fingerprint density at radius 3 is 2.80 bits per heavy atom. The predicted octanol–water partition coefficient (Wildman–Crippen LogP) is 2.37. The Kier molecular flexibility index (Phi) is 4.68. The molecular weight excluding hydrogens is 278 g/mol. The molecule has 0 saturated heterocycles. The van der Waals surface area contributed by atoms with Gasteiger partial charge >= 0.3 is 5.97 Å². The van der Waals surface area contributed by atoms with Crippen molar-refractivity contribution in [3.05, 3.63) is 36.1 Å². The van der Waals surface area contributed by atoms with Gasteiger partial charge in [0.05, 0.1) is 0 Å². The molecular formula is C14H15NO4S. The number of carboxylic acids is 1. The SMILES string of the molecule is CSCC[C@H](NC(=O)c1cc2ccccc2o1)C(=O)O. The number of para-hydroxylation sites is 1. The first-order valence-corrected chi connectivity index (χ1v) is 7.52. The van der Waals surface area contributed by atoms with Crippen LogP contribution in [0.3, 0.4) is 0 Å². The van der Waals surface area contributed by atoms with Gasteiger partial charge in [-0.3, -0.25) is 4.79 Å². The molecule has 2 N–H and O–H groups in total. The standard InChI is InChI=1S/C14H15NO4S/c1-20-7-6-10(14(17)18)15-13(16)12-8-9-4-2-3-5-11(9)19-12/h2-5,8,10H,6-7H2,1H3,(H,15,16)(H,17,18)/t10-/m0/s1. The Labute approximate surface area is 120 Å². The third-order valence-electron chi connectivity index (χ3n) is 2.86. The normalized spacial score (nSPS) is 12.2. The number of hydrogen-bond donors (Lipinski definition) is 2. The molecule has 0 bridgehead atoms. The molecule has 0 fully saturated rings. The first-order chi connectivity index (χ1) is 9.61. The molecule has 106 valence electrons. The Morgan fingerprint density at radius 2 is 2.15 bits per heavy atom. The van der Waals surface area contributed by atoms with Crippen molar-refractivity contribution in [1.82, 2.24) is 5.32 Å². The molecule has 1 heterocycles. The van der Waals surface area contributed by atoms with Crippen molar-refractivity contribution in [2.75, 3.05) is 12.0 Å². The van der Waals surface area contributed by atoms with E-state index in [-0.39, 0.29) is 5.76 Å². The lowest BCUT2D eigenvalue weighted by Crippen LogP contribution is -2.41. The van der Waals surface area contributed by atoms with Crippen molar-refractivity contribution in [2.45, 2.75) is 12.5 Å². The zero-order chi connectivity index (χ0) is 14.5. The van der Waals surface area contributed by atoms with Gasteiger partial charge in [-0.2, -0.15) is 11.8 Å². The number of hydrogen-bond acceptors (Lipinski definition) is 4. The van der Waals surface area contributed by atoms with Crippen LogP contribution in [0.1, 0.15) is 17.0 Å². The number of carbonyl (C=O) groups excluding carboxylic acids is 1. The molecule has 1 aromatic heterocycles. The van der Waals surface area contributed by atoms with E-state index < -0.39 is 17.9 Å². The van der Waals surface area contributed by atoms with E-state index in [0.717, 1.165) is 5.39 Å². The average molecular weight is 293 g/mol. The van der Waals surface area contributed by atoms with E-state index in [1.807, 2.05) is 24.5 Å². The van der Waals surface area contributed by atoms with Crippen molar-refractivity contribution < 1.29 is 19.1 Å². The van der Waals surface area contributed by atoms with Gasteiger partial charge < -0.3 is 14.8 Å². The summed E-state index contributed by atoms with van der Waals surface area (Å²) >= 11 is 1.54. The van der Waals surface area contributed by atoms with E-state index in [1.54, 1.807) is 12.1 Å². The maximum atomic E-state index is 12.0. The van der Waals surface area contributed by atoms with Crippen molar-refractivity contribution >= 4 is 34.6 Å². The minimum Gasteiger partial charge on any atom is -0.480 e. The number of fused-ring (bicyclic) bond motifs is 1. The van der Waals surface area contributed by atoms with Crippen LogP contribution in [-0.4, -0.2) is 35.0 Å². The van der Waals surface area contributed by atoms with E-state index >= 15 is 0 Å². The topological polar surface area (TPSA) is 79.5 Å². The van der Waals surface area contributed by atoms with Crippen molar-refractivity contribution in [1.29, 1.82) is 0 Å². The lowest BCUT2D eigenvalue weighted by molar-refractivity contribution is -0.139. The highest BCUT2D eigenvalue weighted by Gasteiger charge is 2.22. The fourth-order valence-electron chi connectivity index (χ4n) is 1.82. The second kappa shape index (κ2) is 6.47. The molecule has 0 aliphatic rings. The zero-order valence-electron chi connectivity index (χ0n) is 11.0. The maximum absolute atomic E-state index is 12.0. The Hall–Kier alpha value is -1.95. The van der Waals surface area contributed by atoms with Crippen molar-refractivity contribution in [3.8, 4) is 0 Å². The number of amides is 1. The van der Waals surface area contributed by atoms with Gasteiger partial charge in [0.25, 0.3) is 5.91 Å². The highest BCUT2D eigenvalue weighted by atomic mass is 32.2. The fraction of sp³-hybridized carbons (Fsp3) is 0.286. The van der Waals surface area contributed by atoms with Gasteiger partial charge in [-0.1, -0.05) is 18.2 Å². The summed E-state index contributed by atoms with van der Waals surface area (Å²) in [5, 5.41) is 12.4. The van der Waals surface area contributed by atoms with Gasteiger partial charge in [-0.15, -0.1) is 0 Å². The molecule has 0 unspecified atom stereocenters. The number of furan rings is 1. The number of benzene rings is 1. The summed E-state index contributed by atoms with van der Waals surface area (Å²) in [6.07, 6.45) is 2.27. The second-order valence-corrected chi connectivity index (χ2v) is 5.28. The van der Waals surface area contributed by atoms with E-state index in [1.165, 1.54) is 11.8 Å². The van der Waals surface area contributed by atoms with Crippen molar-refractivity contribution in [3.63, 3.8) is 0 Å². The largest absolute Gasteiger partial charge is 0.480 e. The fourth-order valence-corrected chi connectivity index (χ4v) is 2.29. The molecule has 1 amide bonds. The molecule has 6 heteroatoms. The molecule has 0 spiro atoms. The number of carboxylic acid groups (broad SMARTS) is 1. The summed E-state index contributed by atoms with van der Waals surface area (Å²) < 4.78 is 5.40. The third kappa shape index (κ3) is 3.33. The molecule has 0 radical (unpaired) electrons. The molecule has 0 aliphatic carbocycles. The Balaban J connectivity index is 2.11. The van der Waals surface area contributed by atoms with Crippen LogP contribution in [0.25, 0.3) is 11.0 Å². The summed E-state index contributed by atoms with van der Waals surface area (Å²) in [5.74, 6) is -0.753. The van der Waals surface area contributed by atoms with Crippen LogP contribution < -0.4 is 5.32 Å². The van der Waals surface area contributed by atoms with E-state index in [4.69, 9.17) is 9.52 Å². The average Bonchev–Trinajstić information content (AvgIpc) is 2.86. The third-order valence-corrected chi connectivity index (χ3v) is 3.51. The molecule has 1 atom stereocenters. The van der Waals surface area contributed by atoms with Crippen molar-refractivity contribution in [2.24, 2.45) is 0 Å². The maximum Gasteiger partial charge on any atom is 0.326 e. The zero-order valence-corrected chi connectivity index (χ0v) is 11.8. The number of nitrogens with one attached hydrogen (secondary N) is 1. The van der Waals surface area contributed by atoms with Gasteiger partial charge in [0.2, 0.25) is 0 Å². The predicted molar refractivity (Wildman–Crippen MR) is 78.1 cm³/mol. The first-order valence-electron chi connectivity index (χ1n) is 6.13. The second-order valence-electron chi connectivity index (χ2n) is 4.29. The van der Waals surface area contributed by atoms with Crippen LogP contribution in [0.4, 0.5) is 0 Å². The molecule has 0 saturated carbocycles. The monoisotopic (exact) mass is 293 g/mol. The molecule has 2 aromatic rings. The van der Waals surface area contributed by atoms with Gasteiger partial charge in [0, 0.05) is 5.39 Å². The van der Waals surface area contributed by atoms with Crippen LogP contribution in [0.5, 0.6) is 0 Å². The molecule has 0 aliphatic heterocycles. The molecule has 20 heavy (non-hydrogen) atoms. The van der Waals surface area contributed by atoms with E-state index in [2.05, 4.69) is 5.32 Å². The van der Waals surface area contributed by atoms with Gasteiger partial charge in [-0.05, 0) is 30.6 Å². The quantitative estimate of drug-likeness (QED) is 0.854. The smallest absolute Gasteiger partial charge is 0.326 e. The number of rotatable bonds is 6. The Morgan fingerprint density at radius 1 is 1.40 bits per heavy atom. The van der Waals surface area contributed by atoms with Crippen LogP contribution in [0.15, 0.2) is 34.7 Å². The minimum atomic E-state index is -1.04. The summed E-state index contributed by atoms with van der Waals surface area (Å²) in [6.45, 7) is 0. The summed E-state index contributed by atoms with van der Waals surface area (Å²) in [7, 11) is 0. The summed E-state index contributed by atoms with van der Waals surface area (Å²) in [6, 6.07) is 7.96. The van der Waals surface area contributed by atoms with Crippen LogP contribution in [-0.2, 0) is 4.79 Å². The van der Waals surface area contributed by atoms with Crippen LogP contribution in [0, 0.1) is 0 Å². The van der Waals surface area contributed by atoms with Crippen LogP contribution in [0.2, 0.25) is 0 Å². The molecule has 2 rings (SSSR count). The summed E-state index contributed by atoms with van der Waals surface area (Å²) in [4.78, 5) is 23.1. The lowest BCUT2D eigenvalue weighted by atomic mass is 10.2. The van der Waals surface area contributed by atoms with Gasteiger partial charge in [0.1, 0.15) is 11.6 Å². The minimum absolute atomic E-state index is 0.126. The number of thioether (sulfide) groups is 1. The van der Waals surface area contributed by atoms with Crippen LogP contribution >= 0.6 is 11.8 Å². The molecule has 5 nitrogen and oxygen atoms in total. The van der Waals surface area contributed by atoms with Gasteiger partial charge in [-0.25, -0.2) is 4.79 Å². The first kappa shape index (κ1) is 14.5. The number of carbonyl (C=O) groups is 2. The lowest BCUT2D eigenvalue weighted by Gasteiger charge is -2.12. The molecule has 1 aromatic carbocycles. The highest BCUT2D eigenvalue weighted by molar-refractivity contribution is 7.98. The van der Waals surface area contributed by atoms with Gasteiger partial charge in [0.15, 0.2) is 5.76 Å². The van der Waals surface area contributed by atoms with E-state index in [9.17, 15) is 9.59 Å². The Bertz CT molecular complexity index is 589. The summed E-state index contributed by atoms with van der Waals surface area (Å²) in [5.41, 5.74) is 0.605. The highest BCUT2D eigenvalue weighted by Crippen LogP contribution is 2.18.